The molecule has 0 aromatic carbocycles. The lowest BCUT2D eigenvalue weighted by atomic mass is 10.4. The smallest absolute Gasteiger partial charge is 0.144 e. The summed E-state index contributed by atoms with van der Waals surface area (Å²) in [5, 5.41) is 2.13. The lowest BCUT2D eigenvalue weighted by Gasteiger charge is -1.67. The fourth-order valence-corrected chi connectivity index (χ4v) is 1.23. The third-order valence-corrected chi connectivity index (χ3v) is 2.02. The van der Waals surface area contributed by atoms with Gasteiger partial charge in [-0.15, -0.1) is 0 Å². The van der Waals surface area contributed by atoms with Gasteiger partial charge in [-0.3, -0.25) is 0 Å². The molecular formula is C9H21ClO5S. The van der Waals surface area contributed by atoms with Gasteiger partial charge in [-0.25, -0.2) is 0 Å². The van der Waals surface area contributed by atoms with Crippen molar-refractivity contribution in [3.05, 3.63) is 46.7 Å². The molecular weight excluding hydrogens is 256 g/mol. The van der Waals surface area contributed by atoms with Crippen molar-refractivity contribution in [2.75, 3.05) is 0 Å². The quantitative estimate of drug-likeness (QED) is 0.421. The predicted molar refractivity (Wildman–Crippen MR) is 66.1 cm³/mol. The molecule has 0 aliphatic heterocycles. The summed E-state index contributed by atoms with van der Waals surface area (Å²) < 4.78 is 0. The van der Waals surface area contributed by atoms with Gasteiger partial charge in [-0.1, -0.05) is 24.3 Å². The second kappa shape index (κ2) is 23.8. The van der Waals surface area contributed by atoms with Crippen LogP contribution < -0.4 is 12.4 Å². The SMILES string of the molecule is Cc1ccccccc[sH+]1.O.O.O.O.O.[Cl-]. The lowest BCUT2D eigenvalue weighted by molar-refractivity contribution is -0.00000803. The summed E-state index contributed by atoms with van der Waals surface area (Å²) in [6.45, 7) is 2.13. The Kier molecular flexibility index (Phi) is 53.9. The Balaban J connectivity index is -0.0000000417. The Morgan fingerprint density at radius 1 is 0.750 bits per heavy atom. The Morgan fingerprint density at radius 2 is 1.19 bits per heavy atom. The third kappa shape index (κ3) is 18.9. The predicted octanol–water partition coefficient (Wildman–Crippen LogP) is -4.21. The van der Waals surface area contributed by atoms with Crippen molar-refractivity contribution < 1.29 is 39.8 Å². The van der Waals surface area contributed by atoms with Crippen LogP contribution in [0.1, 0.15) is 4.88 Å². The summed E-state index contributed by atoms with van der Waals surface area (Å²) in [4.78, 5) is 1.37. The van der Waals surface area contributed by atoms with Crippen LogP contribution >= 0.6 is 11.3 Å². The van der Waals surface area contributed by atoms with Crippen molar-refractivity contribution in [1.82, 2.24) is 0 Å². The van der Waals surface area contributed by atoms with Gasteiger partial charge in [0.2, 0.25) is 0 Å². The molecule has 100 valence electrons. The molecule has 0 bridgehead atoms. The molecule has 0 radical (unpaired) electrons. The highest BCUT2D eigenvalue weighted by Crippen LogP contribution is 1.99. The minimum atomic E-state index is 0. The highest BCUT2D eigenvalue weighted by atomic mass is 35.5. The van der Waals surface area contributed by atoms with Gasteiger partial charge in [-0.2, -0.15) is 0 Å². The van der Waals surface area contributed by atoms with Crippen molar-refractivity contribution in [2.24, 2.45) is 0 Å². The van der Waals surface area contributed by atoms with Gasteiger partial charge < -0.3 is 39.8 Å². The molecule has 1 aromatic rings. The molecule has 5 nitrogen and oxygen atoms in total. The van der Waals surface area contributed by atoms with Crippen LogP contribution in [0.3, 0.4) is 0 Å². The maximum absolute atomic E-state index is 2.13. The topological polar surface area (TPSA) is 158 Å². The molecule has 0 aliphatic carbocycles. The fraction of sp³-hybridized carbons (Fsp3) is 0.111. The van der Waals surface area contributed by atoms with E-state index in [1.54, 1.807) is 0 Å². The second-order valence-corrected chi connectivity index (χ2v) is 3.31. The number of halogens is 1. The Bertz CT molecular complexity index is 231. The third-order valence-electron chi connectivity index (χ3n) is 1.15. The Morgan fingerprint density at radius 3 is 1.75 bits per heavy atom. The maximum Gasteiger partial charge on any atom is 0.144 e. The average Bonchev–Trinajstić information content (AvgIpc) is 2.02. The summed E-state index contributed by atoms with van der Waals surface area (Å²) >= 11 is 1.29. The van der Waals surface area contributed by atoms with Crippen LogP contribution in [0.2, 0.25) is 0 Å². The van der Waals surface area contributed by atoms with E-state index in [0.29, 0.717) is 0 Å². The molecule has 1 rings (SSSR count). The van der Waals surface area contributed by atoms with Crippen LogP contribution in [0.25, 0.3) is 0 Å². The summed E-state index contributed by atoms with van der Waals surface area (Å²) in [5.74, 6) is 0. The molecule has 16 heavy (non-hydrogen) atoms. The van der Waals surface area contributed by atoms with Gasteiger partial charge in [-0.05, 0) is 23.5 Å². The summed E-state index contributed by atoms with van der Waals surface area (Å²) in [5.41, 5.74) is 0. The van der Waals surface area contributed by atoms with Crippen LogP contribution in [-0.2, 0) is 0 Å². The molecule has 0 saturated carbocycles. The molecule has 10 N–H and O–H groups in total. The van der Waals surface area contributed by atoms with E-state index in [9.17, 15) is 0 Å². The standard InChI is InChI=1S/C9H10S.ClH.5H2O/c1-9-7-5-3-2-4-6-8-10-9;;;;;;/h2-8H,1H3;1H;5*1H2. The van der Waals surface area contributed by atoms with E-state index < -0.39 is 0 Å². The van der Waals surface area contributed by atoms with E-state index in [4.69, 9.17) is 0 Å². The zero-order valence-electron chi connectivity index (χ0n) is 8.87. The van der Waals surface area contributed by atoms with Crippen LogP contribution in [0, 0.1) is 6.92 Å². The number of hydrogen-bond donors (Lipinski definition) is 0. The fourth-order valence-electron chi connectivity index (χ4n) is 0.641. The first-order valence-electron chi connectivity index (χ1n) is 3.27. The first-order chi connectivity index (χ1) is 4.89. The van der Waals surface area contributed by atoms with Crippen LogP contribution in [-0.4, -0.2) is 27.4 Å². The van der Waals surface area contributed by atoms with Gasteiger partial charge >= 0.3 is 0 Å². The largest absolute Gasteiger partial charge is 1.00 e. The van der Waals surface area contributed by atoms with Crippen LogP contribution in [0.4, 0.5) is 0 Å². The Hall–Kier alpha value is -0.730. The van der Waals surface area contributed by atoms with E-state index >= 15 is 0 Å². The normalized spacial score (nSPS) is 5.31. The van der Waals surface area contributed by atoms with E-state index in [1.165, 1.54) is 16.2 Å². The first kappa shape index (κ1) is 36.2. The maximum atomic E-state index is 2.13. The summed E-state index contributed by atoms with van der Waals surface area (Å²) in [7, 11) is 0. The molecule has 0 fully saturated rings. The van der Waals surface area contributed by atoms with Crippen molar-refractivity contribution in [3.63, 3.8) is 0 Å². The van der Waals surface area contributed by atoms with Gasteiger partial charge in [0.15, 0.2) is 0 Å². The van der Waals surface area contributed by atoms with E-state index in [1.807, 2.05) is 18.2 Å². The summed E-state index contributed by atoms with van der Waals surface area (Å²) in [6, 6.07) is 12.4. The molecule has 0 aliphatic rings. The van der Waals surface area contributed by atoms with E-state index in [2.05, 4.69) is 30.5 Å². The lowest BCUT2D eigenvalue weighted by Crippen LogP contribution is -3.00. The van der Waals surface area contributed by atoms with Crippen molar-refractivity contribution in [2.45, 2.75) is 6.92 Å². The molecule has 0 spiro atoms. The Labute approximate surface area is 105 Å². The van der Waals surface area contributed by atoms with Crippen molar-refractivity contribution in [3.8, 4) is 0 Å². The number of hydrogen-bond acceptors (Lipinski definition) is 0. The van der Waals surface area contributed by atoms with Crippen LogP contribution in [0.5, 0.6) is 0 Å². The monoisotopic (exact) mass is 276 g/mol. The minimum Gasteiger partial charge on any atom is -1.00 e. The molecule has 0 unspecified atom stereocenters. The summed E-state index contributed by atoms with van der Waals surface area (Å²) in [6.07, 6.45) is 0. The minimum absolute atomic E-state index is 0. The van der Waals surface area contributed by atoms with E-state index in [-0.39, 0.29) is 39.8 Å². The number of rotatable bonds is 0. The van der Waals surface area contributed by atoms with Gasteiger partial charge in [0.05, 0.1) is 0 Å². The zero-order valence-corrected chi connectivity index (χ0v) is 10.5. The van der Waals surface area contributed by atoms with Crippen molar-refractivity contribution >= 4 is 11.3 Å². The van der Waals surface area contributed by atoms with Gasteiger partial charge in [0.25, 0.3) is 0 Å². The highest BCUT2D eigenvalue weighted by Gasteiger charge is 1.79. The molecule has 0 amide bonds. The molecule has 1 heterocycles. The molecule has 0 saturated heterocycles. The van der Waals surface area contributed by atoms with Gasteiger partial charge in [0, 0.05) is 6.92 Å². The van der Waals surface area contributed by atoms with Gasteiger partial charge in [0.1, 0.15) is 10.3 Å². The van der Waals surface area contributed by atoms with E-state index in [0.717, 1.165) is 0 Å². The van der Waals surface area contributed by atoms with Crippen molar-refractivity contribution in [1.29, 1.82) is 0 Å². The van der Waals surface area contributed by atoms with Crippen LogP contribution in [0.15, 0.2) is 41.8 Å². The molecule has 7 heteroatoms. The number of aryl methyl sites for hydroxylation is 1. The average molecular weight is 277 g/mol. The second-order valence-electron chi connectivity index (χ2n) is 2.05. The first-order valence-corrected chi connectivity index (χ1v) is 4.23. The molecule has 1 aromatic heterocycles. The molecule has 0 atom stereocenters. The zero-order chi connectivity index (χ0) is 7.23. The highest BCUT2D eigenvalue weighted by molar-refractivity contribution is 7.09.